The SMILES string of the molecule is Cc1ccc(Nc2snc3ccccc23)cc1C(=O)O. The lowest BCUT2D eigenvalue weighted by molar-refractivity contribution is 0.0696. The van der Waals surface area contributed by atoms with E-state index < -0.39 is 5.97 Å². The van der Waals surface area contributed by atoms with Gasteiger partial charge in [-0.2, -0.15) is 4.37 Å². The molecule has 5 heteroatoms. The van der Waals surface area contributed by atoms with Gasteiger partial charge in [-0.15, -0.1) is 0 Å². The Balaban J connectivity index is 1.99. The first-order valence-electron chi connectivity index (χ1n) is 6.10. The minimum atomic E-state index is -0.916. The van der Waals surface area contributed by atoms with Gasteiger partial charge >= 0.3 is 5.97 Å². The van der Waals surface area contributed by atoms with Crippen molar-refractivity contribution in [3.63, 3.8) is 0 Å². The zero-order chi connectivity index (χ0) is 14.1. The summed E-state index contributed by atoms with van der Waals surface area (Å²) >= 11 is 1.37. The lowest BCUT2D eigenvalue weighted by atomic mass is 10.1. The lowest BCUT2D eigenvalue weighted by Crippen LogP contribution is -2.00. The Kier molecular flexibility index (Phi) is 3.12. The highest BCUT2D eigenvalue weighted by molar-refractivity contribution is 7.11. The molecule has 2 aromatic carbocycles. The molecule has 1 heterocycles. The fourth-order valence-electron chi connectivity index (χ4n) is 2.04. The van der Waals surface area contributed by atoms with Crippen LogP contribution in [0.2, 0.25) is 0 Å². The molecule has 20 heavy (non-hydrogen) atoms. The largest absolute Gasteiger partial charge is 0.478 e. The van der Waals surface area contributed by atoms with Crippen molar-refractivity contribution in [3.05, 3.63) is 53.6 Å². The maximum atomic E-state index is 11.2. The van der Waals surface area contributed by atoms with Gasteiger partial charge in [0.05, 0.1) is 11.1 Å². The molecule has 0 atom stereocenters. The van der Waals surface area contributed by atoms with Crippen LogP contribution in [0.3, 0.4) is 0 Å². The van der Waals surface area contributed by atoms with E-state index in [1.54, 1.807) is 19.1 Å². The number of aromatic carboxylic acids is 1. The molecule has 0 saturated carbocycles. The first kappa shape index (κ1) is 12.6. The fourth-order valence-corrected chi connectivity index (χ4v) is 2.82. The summed E-state index contributed by atoms with van der Waals surface area (Å²) in [5.74, 6) is -0.916. The Morgan fingerprint density at radius 1 is 1.25 bits per heavy atom. The van der Waals surface area contributed by atoms with Crippen molar-refractivity contribution >= 4 is 39.1 Å². The van der Waals surface area contributed by atoms with Crippen molar-refractivity contribution in [3.8, 4) is 0 Å². The van der Waals surface area contributed by atoms with Crippen LogP contribution in [-0.2, 0) is 0 Å². The molecule has 0 unspecified atom stereocenters. The average Bonchev–Trinajstić information content (AvgIpc) is 2.84. The second kappa shape index (κ2) is 4.94. The van der Waals surface area contributed by atoms with Crippen LogP contribution in [0, 0.1) is 6.92 Å². The number of nitrogens with one attached hydrogen (secondary N) is 1. The molecular formula is C15H12N2O2S. The molecule has 0 saturated heterocycles. The van der Waals surface area contributed by atoms with E-state index >= 15 is 0 Å². The molecule has 0 aliphatic heterocycles. The number of fused-ring (bicyclic) bond motifs is 1. The molecule has 0 aliphatic rings. The maximum absolute atomic E-state index is 11.2. The first-order chi connectivity index (χ1) is 9.65. The Hall–Kier alpha value is -2.40. The van der Waals surface area contributed by atoms with Crippen LogP contribution in [0.4, 0.5) is 10.7 Å². The van der Waals surface area contributed by atoms with Gasteiger partial charge in [-0.25, -0.2) is 4.79 Å². The van der Waals surface area contributed by atoms with Gasteiger partial charge in [0.25, 0.3) is 0 Å². The number of aromatic nitrogens is 1. The summed E-state index contributed by atoms with van der Waals surface area (Å²) in [4.78, 5) is 11.2. The molecule has 0 bridgehead atoms. The zero-order valence-electron chi connectivity index (χ0n) is 10.8. The summed E-state index contributed by atoms with van der Waals surface area (Å²) in [5.41, 5.74) is 2.74. The molecular weight excluding hydrogens is 272 g/mol. The smallest absolute Gasteiger partial charge is 0.336 e. The summed E-state index contributed by atoms with van der Waals surface area (Å²) in [5, 5.41) is 14.3. The van der Waals surface area contributed by atoms with Crippen LogP contribution in [0.15, 0.2) is 42.5 Å². The van der Waals surface area contributed by atoms with Gasteiger partial charge in [0.2, 0.25) is 0 Å². The highest BCUT2D eigenvalue weighted by Gasteiger charge is 2.10. The fraction of sp³-hybridized carbons (Fsp3) is 0.0667. The number of benzene rings is 2. The van der Waals surface area contributed by atoms with E-state index in [4.69, 9.17) is 5.11 Å². The molecule has 1 aromatic heterocycles. The molecule has 3 aromatic rings. The van der Waals surface area contributed by atoms with E-state index in [1.165, 1.54) is 11.5 Å². The Morgan fingerprint density at radius 3 is 2.85 bits per heavy atom. The third-order valence-corrected chi connectivity index (χ3v) is 3.90. The maximum Gasteiger partial charge on any atom is 0.336 e. The van der Waals surface area contributed by atoms with E-state index in [2.05, 4.69) is 9.69 Å². The second-order valence-corrected chi connectivity index (χ2v) is 5.26. The van der Waals surface area contributed by atoms with Crippen molar-refractivity contribution in [1.82, 2.24) is 4.37 Å². The lowest BCUT2D eigenvalue weighted by Gasteiger charge is -2.07. The van der Waals surface area contributed by atoms with E-state index in [9.17, 15) is 4.79 Å². The molecule has 0 fully saturated rings. The molecule has 0 radical (unpaired) electrons. The Morgan fingerprint density at radius 2 is 2.05 bits per heavy atom. The van der Waals surface area contributed by atoms with Crippen LogP contribution >= 0.6 is 11.5 Å². The first-order valence-corrected chi connectivity index (χ1v) is 6.88. The van der Waals surface area contributed by atoms with E-state index in [-0.39, 0.29) is 0 Å². The summed E-state index contributed by atoms with van der Waals surface area (Å²) in [6.07, 6.45) is 0. The van der Waals surface area contributed by atoms with E-state index in [0.717, 1.165) is 27.2 Å². The normalized spacial score (nSPS) is 10.7. The summed E-state index contributed by atoms with van der Waals surface area (Å²) in [6, 6.07) is 13.2. The summed E-state index contributed by atoms with van der Waals surface area (Å²) in [7, 11) is 0. The molecule has 4 nitrogen and oxygen atoms in total. The highest BCUT2D eigenvalue weighted by Crippen LogP contribution is 2.30. The minimum Gasteiger partial charge on any atom is -0.478 e. The topological polar surface area (TPSA) is 62.2 Å². The van der Waals surface area contributed by atoms with Gasteiger partial charge in [0.1, 0.15) is 5.00 Å². The molecule has 2 N–H and O–H groups in total. The summed E-state index contributed by atoms with van der Waals surface area (Å²) < 4.78 is 4.35. The molecule has 0 aliphatic carbocycles. The summed E-state index contributed by atoms with van der Waals surface area (Å²) in [6.45, 7) is 1.79. The van der Waals surface area contributed by atoms with Crippen molar-refractivity contribution in [2.24, 2.45) is 0 Å². The predicted octanol–water partition coefficient (Wildman–Crippen LogP) is 4.05. The third kappa shape index (κ3) is 2.23. The monoisotopic (exact) mass is 284 g/mol. The van der Waals surface area contributed by atoms with Crippen LogP contribution in [0.1, 0.15) is 15.9 Å². The number of anilines is 2. The second-order valence-electron chi connectivity index (χ2n) is 4.49. The van der Waals surface area contributed by atoms with Gasteiger partial charge in [0.15, 0.2) is 0 Å². The van der Waals surface area contributed by atoms with Gasteiger partial charge in [-0.1, -0.05) is 18.2 Å². The van der Waals surface area contributed by atoms with Gasteiger partial charge < -0.3 is 10.4 Å². The number of hydrogen-bond acceptors (Lipinski definition) is 4. The van der Waals surface area contributed by atoms with Crippen LogP contribution in [-0.4, -0.2) is 15.4 Å². The van der Waals surface area contributed by atoms with Crippen LogP contribution in [0.5, 0.6) is 0 Å². The number of nitrogens with zero attached hydrogens (tertiary/aromatic N) is 1. The zero-order valence-corrected chi connectivity index (χ0v) is 11.6. The number of carbonyl (C=O) groups is 1. The van der Waals surface area contributed by atoms with E-state index in [0.29, 0.717) is 5.56 Å². The van der Waals surface area contributed by atoms with E-state index in [1.807, 2.05) is 30.3 Å². The third-order valence-electron chi connectivity index (χ3n) is 3.11. The number of carboxylic acids is 1. The van der Waals surface area contributed by atoms with Crippen molar-refractivity contribution in [1.29, 1.82) is 0 Å². The quantitative estimate of drug-likeness (QED) is 0.761. The number of carboxylic acid groups (broad SMARTS) is 1. The van der Waals surface area contributed by atoms with Gasteiger partial charge in [0, 0.05) is 11.1 Å². The number of rotatable bonds is 3. The van der Waals surface area contributed by atoms with Crippen molar-refractivity contribution in [2.45, 2.75) is 6.92 Å². The average molecular weight is 284 g/mol. The van der Waals surface area contributed by atoms with Crippen LogP contribution < -0.4 is 5.32 Å². The minimum absolute atomic E-state index is 0.309. The van der Waals surface area contributed by atoms with Gasteiger partial charge in [-0.05, 0) is 48.3 Å². The number of hydrogen-bond donors (Lipinski definition) is 2. The van der Waals surface area contributed by atoms with Crippen molar-refractivity contribution in [2.75, 3.05) is 5.32 Å². The molecule has 0 spiro atoms. The highest BCUT2D eigenvalue weighted by atomic mass is 32.1. The molecule has 3 rings (SSSR count). The Labute approximate surface area is 119 Å². The molecule has 0 amide bonds. The number of aryl methyl sites for hydroxylation is 1. The Bertz CT molecular complexity index is 795. The van der Waals surface area contributed by atoms with Crippen LogP contribution in [0.25, 0.3) is 10.9 Å². The van der Waals surface area contributed by atoms with Gasteiger partial charge in [-0.3, -0.25) is 0 Å². The standard InChI is InChI=1S/C15H12N2O2S/c1-9-6-7-10(8-12(9)15(18)19)16-14-11-4-2-3-5-13(11)17-20-14/h2-8,16H,1H3,(H,18,19). The predicted molar refractivity (Wildman–Crippen MR) is 81.0 cm³/mol. The molecule has 100 valence electrons. The van der Waals surface area contributed by atoms with Crippen molar-refractivity contribution < 1.29 is 9.90 Å².